The number of nitrogens with one attached hydrogen (secondary N) is 2. The van der Waals surface area contributed by atoms with Crippen molar-refractivity contribution in [1.82, 2.24) is 15.0 Å². The third kappa shape index (κ3) is 25.4. The number of H-pyrrole nitrogens is 1. The number of esters is 1. The fraction of sp³-hybridized carbons (Fsp3) is 0.0952. The molecule has 0 saturated heterocycles. The molecule has 2 aromatic carbocycles. The second kappa shape index (κ2) is 44.7. The maximum atomic E-state index is 14.0. The van der Waals surface area contributed by atoms with Crippen LogP contribution in [-0.2, 0) is 4.74 Å². The Labute approximate surface area is 529 Å². The maximum absolute atomic E-state index is 14.0. The first-order valence-electron chi connectivity index (χ1n) is 15.2. The van der Waals surface area contributed by atoms with E-state index in [9.17, 15) is 19.3 Å². The van der Waals surface area contributed by atoms with Crippen molar-refractivity contribution in [2.75, 3.05) is 19.5 Å². The molecule has 23 heteroatoms. The van der Waals surface area contributed by atoms with Crippen LogP contribution in [-0.4, -0.2) is 419 Å². The number of rotatable bonds is 6. The molecule has 2 N–H and O–H groups in total. The van der Waals surface area contributed by atoms with Gasteiger partial charge in [0.05, 0.1) is 30.5 Å². The van der Waals surface area contributed by atoms with E-state index in [4.69, 9.17) is 9.47 Å². The number of hydrogen-bond donors (Lipinski definition) is 2. The number of benzene rings is 2. The fourth-order valence-corrected chi connectivity index (χ4v) is 3.24. The van der Waals surface area contributed by atoms with Gasteiger partial charge in [0, 0.05) is 41.0 Å². The van der Waals surface area contributed by atoms with Crippen molar-refractivity contribution in [1.29, 1.82) is 0 Å². The topological polar surface area (TPSA) is 132 Å². The number of nitro benzene ring substituents is 1. The summed E-state index contributed by atoms with van der Waals surface area (Å²) < 4.78 is 23.9. The fourth-order valence-electron chi connectivity index (χ4n) is 3.24. The van der Waals surface area contributed by atoms with E-state index in [0.717, 1.165) is 23.0 Å². The number of fused-ring (bicyclic) bond motifs is 1. The second-order valence-electron chi connectivity index (χ2n) is 6.58. The average molecular weight is 907 g/mol. The monoisotopic (exact) mass is 905 g/mol. The van der Waals surface area contributed by atoms with Crippen molar-refractivity contribution in [2.45, 2.75) is 0 Å². The van der Waals surface area contributed by atoms with Crippen LogP contribution >= 0.6 is 0 Å². The van der Waals surface area contributed by atoms with E-state index >= 15 is 0 Å². The molecule has 4 rings (SSSR count). The zero-order valence-electron chi connectivity index (χ0n) is 28.9. The van der Waals surface area contributed by atoms with Crippen molar-refractivity contribution >= 4 is 413 Å². The molecule has 4 aromatic rings. The van der Waals surface area contributed by atoms with E-state index < -0.39 is 22.4 Å². The Hall–Kier alpha value is 15.1. The molecule has 0 aliphatic heterocycles. The minimum atomic E-state index is -1.04. The molecule has 0 bridgehead atoms. The molecule has 0 aliphatic carbocycles. The molecule has 2 heterocycles. The van der Waals surface area contributed by atoms with E-state index in [1.807, 2.05) is 24.3 Å². The molecule has 44 heavy (non-hydrogen) atoms. The number of halogens is 1. The number of aromatic amines is 1. The molecule has 0 spiro atoms. The van der Waals surface area contributed by atoms with Gasteiger partial charge in [-0.25, -0.2) is 14.8 Å². The minimum absolute atomic E-state index is 0.0112. The summed E-state index contributed by atoms with van der Waals surface area (Å²) in [6.07, 6.45) is 2.98. The van der Waals surface area contributed by atoms with Crippen molar-refractivity contribution in [3.05, 3.63) is 70.3 Å². The van der Waals surface area contributed by atoms with Gasteiger partial charge in [-0.3, -0.25) is 10.1 Å². The van der Waals surface area contributed by atoms with Crippen molar-refractivity contribution in [2.24, 2.45) is 0 Å². The van der Waals surface area contributed by atoms with Crippen LogP contribution in [0.1, 0.15) is 10.4 Å². The summed E-state index contributed by atoms with van der Waals surface area (Å²) in [5, 5.41) is 14.7. The first kappa shape index (κ1) is 63.4. The average Bonchev–Trinajstić information content (AvgIpc) is 3.54. The van der Waals surface area contributed by atoms with Crippen LogP contribution in [0.5, 0.6) is 5.75 Å². The predicted molar refractivity (Wildman–Crippen MR) is 183 cm³/mol. The third-order valence-electron chi connectivity index (χ3n) is 4.75. The van der Waals surface area contributed by atoms with Crippen LogP contribution in [0.2, 0.25) is 0 Å². The molecular weight excluding hydrogens is 890 g/mol. The molecule has 0 aliphatic rings. The van der Waals surface area contributed by atoms with Gasteiger partial charge in [0.15, 0.2) is 0 Å². The van der Waals surface area contributed by atoms with Crippen molar-refractivity contribution in [3.63, 3.8) is 0 Å². The van der Waals surface area contributed by atoms with E-state index in [0.29, 0.717) is 5.56 Å². The first-order chi connectivity index (χ1) is 21.4. The molecule has 0 unspecified atom stereocenters. The van der Waals surface area contributed by atoms with Crippen molar-refractivity contribution < 1.29 is 23.6 Å². The number of para-hydroxylation sites is 1. The third-order valence-corrected chi connectivity index (χ3v) is 4.75. The number of carbonyl (C=O) groups excluding carboxylic acids is 1. The van der Waals surface area contributed by atoms with Gasteiger partial charge in [-0.05, 0) is 6.07 Å². The van der Waals surface area contributed by atoms with Gasteiger partial charge in [-0.1, -0.05) is 18.2 Å². The zero-order valence-corrected chi connectivity index (χ0v) is 66.4. The van der Waals surface area contributed by atoms with Gasteiger partial charge < -0.3 is 19.8 Å². The SMILES string of the molecule is COC(=O)c1cnc(Nc2cc([N+](=O)[O-])c(F)cc2OC)nc1-c1c[nH]c2ccccc12.[K][K].[K][K].[K][K].[K][K].[K][K].[K][K]. The molecular formula is C21H16FK12N5O5. The van der Waals surface area contributed by atoms with E-state index in [-0.39, 0.29) is 28.6 Å². The number of carbonyl (C=O) groups is 1. The molecule has 0 amide bonds. The number of methoxy groups -OCH3 is 2. The Bertz CT molecular complexity index is 1390. The van der Waals surface area contributed by atoms with Crippen LogP contribution in [0, 0.1) is 15.9 Å². The van der Waals surface area contributed by atoms with Crippen LogP contribution < -0.4 is 10.1 Å². The number of anilines is 2. The summed E-state index contributed by atoms with van der Waals surface area (Å²) in [7, 11) is 2.54. The normalized spacial score (nSPS) is 8.89. The van der Waals surface area contributed by atoms with E-state index in [1.165, 1.54) is 399 Å². The molecule has 10 nitrogen and oxygen atoms in total. The molecule has 2 aromatic heterocycles. The summed E-state index contributed by atoms with van der Waals surface area (Å²) in [5.74, 6) is -1.65. The number of nitro groups is 1. The Kier molecular flexibility index (Phi) is 64.4. The summed E-state index contributed by atoms with van der Waals surface area (Å²) in [4.78, 5) is 34.3. The number of hydrogen-bond acceptors (Lipinski definition) is 8. The Morgan fingerprint density at radius 1 is 0.955 bits per heavy atom. The van der Waals surface area contributed by atoms with Gasteiger partial charge in [-0.2, -0.15) is 4.39 Å². The van der Waals surface area contributed by atoms with Gasteiger partial charge in [0.2, 0.25) is 11.8 Å². The van der Waals surface area contributed by atoms with Gasteiger partial charge >= 0.3 is 391 Å². The predicted octanol–water partition coefficient (Wildman–Crippen LogP) is -0.359. The summed E-state index contributed by atoms with van der Waals surface area (Å²) in [5.41, 5.74) is 1.21. The summed E-state index contributed by atoms with van der Waals surface area (Å²) >= 11 is 15.0. The van der Waals surface area contributed by atoms with Crippen LogP contribution in [0.25, 0.3) is 22.2 Å². The molecule has 0 radical (unpaired) electrons. The molecule has 0 fully saturated rings. The number of nitrogens with zero attached hydrogens (tertiary/aromatic N) is 3. The number of aromatic nitrogens is 3. The molecule has 0 saturated carbocycles. The quantitative estimate of drug-likeness (QED) is 0.116. The van der Waals surface area contributed by atoms with Crippen LogP contribution in [0.3, 0.4) is 0 Å². The van der Waals surface area contributed by atoms with Gasteiger partial charge in [0.1, 0.15) is 11.3 Å². The van der Waals surface area contributed by atoms with Crippen LogP contribution in [0.4, 0.5) is 21.7 Å². The van der Waals surface area contributed by atoms with Gasteiger partial charge in [0.25, 0.3) is 0 Å². The van der Waals surface area contributed by atoms with Gasteiger partial charge in [-0.15, -0.1) is 0 Å². The summed E-state index contributed by atoms with van der Waals surface area (Å²) in [6.45, 7) is 0. The Balaban J connectivity index is -0.00000125. The van der Waals surface area contributed by atoms with Crippen LogP contribution in [0.15, 0.2) is 48.8 Å². The number of ether oxygens (including phenoxy) is 2. The standard InChI is InChI=1S/C21H16FN5O5.12K/c1-31-18-7-14(22)17(27(29)30)8-16(18)25-21-24-10-13(20(28)32-2)19(26-21)12-9-23-15-6-4-3-5-11(12)15;;;;;;;;;;;;/h3-10,23H,1-2H3,(H,24,25,26);;;;;;;;;;;;. The summed E-state index contributed by atoms with van der Waals surface area (Å²) in [6, 6.07) is 9.33. The Morgan fingerprint density at radius 2 is 1.52 bits per heavy atom. The van der Waals surface area contributed by atoms with E-state index in [2.05, 4.69) is 20.3 Å². The zero-order chi connectivity index (χ0) is 34.8. The van der Waals surface area contributed by atoms with Crippen molar-refractivity contribution in [3.8, 4) is 17.0 Å². The first-order valence-corrected chi connectivity index (χ1v) is 111. The second-order valence-corrected chi connectivity index (χ2v) is 6.58. The Morgan fingerprint density at radius 3 is 2.05 bits per heavy atom. The molecule has 174 valence electrons. The molecule has 0 atom stereocenters. The van der Waals surface area contributed by atoms with E-state index in [1.54, 1.807) is 6.20 Å².